The van der Waals surface area contributed by atoms with Crippen LogP contribution in [0.2, 0.25) is 0 Å². The van der Waals surface area contributed by atoms with Crippen LogP contribution < -0.4 is 26.2 Å². The number of hydrogen-bond acceptors (Lipinski definition) is 3. The first-order valence-electron chi connectivity index (χ1n) is 24.1. The topological polar surface area (TPSA) is 6.48 Å². The summed E-state index contributed by atoms with van der Waals surface area (Å²) in [5.41, 5.74) is 25.9. The third-order valence-corrected chi connectivity index (χ3v) is 19.2. The van der Waals surface area contributed by atoms with Gasteiger partial charge in [-0.15, -0.1) is 11.3 Å². The van der Waals surface area contributed by atoms with E-state index in [4.69, 9.17) is 0 Å². The van der Waals surface area contributed by atoms with E-state index >= 15 is 0 Å². The average Bonchev–Trinajstić information content (AvgIpc) is 3.64. The van der Waals surface area contributed by atoms with E-state index in [-0.39, 0.29) is 39.2 Å². The molecule has 1 aromatic heterocycles. The number of rotatable bonds is 1. The Labute approximate surface area is 382 Å². The molecule has 4 heteroatoms. The van der Waals surface area contributed by atoms with Crippen molar-refractivity contribution in [1.82, 2.24) is 0 Å². The first kappa shape index (κ1) is 40.0. The van der Waals surface area contributed by atoms with Crippen molar-refractivity contribution in [1.29, 1.82) is 0 Å². The second-order valence-corrected chi connectivity index (χ2v) is 25.4. The molecular weight excluding hydrogens is 780 g/mol. The van der Waals surface area contributed by atoms with Gasteiger partial charge in [0.15, 0.2) is 0 Å². The van der Waals surface area contributed by atoms with Crippen LogP contribution in [0.4, 0.5) is 33.4 Å². The highest BCUT2D eigenvalue weighted by atomic mass is 32.1. The van der Waals surface area contributed by atoms with Gasteiger partial charge in [-0.25, -0.2) is 0 Å². The Morgan fingerprint density at radius 2 is 1.06 bits per heavy atom. The molecule has 0 saturated carbocycles. The van der Waals surface area contributed by atoms with E-state index in [2.05, 4.69) is 196 Å². The van der Waals surface area contributed by atoms with E-state index in [1.807, 2.05) is 0 Å². The molecular formula is C59H65BN2S. The predicted octanol–water partition coefficient (Wildman–Crippen LogP) is 14.5. The summed E-state index contributed by atoms with van der Waals surface area (Å²) in [7, 11) is 0. The number of aryl methyl sites for hydroxylation is 2. The minimum absolute atomic E-state index is 0.0136. The number of thiophene rings is 1. The molecule has 0 spiro atoms. The SMILES string of the molecule is Cc1ccc2c(c1)B1c3c(cc(C)cc3N3c4cc5c(cc4-c4ccc(cc4)C4(C)CCC(C)(C)c6c4sc3c61)C(C)(C)CCC5(C)C)N2c1ccc2c(c1)C(C)(C)CCC2(C)C. The summed E-state index contributed by atoms with van der Waals surface area (Å²) >= 11 is 2.13. The molecule has 0 saturated heterocycles. The molecule has 5 heterocycles. The van der Waals surface area contributed by atoms with Gasteiger partial charge in [0, 0.05) is 38.6 Å². The normalized spacial score (nSPS) is 22.9. The van der Waals surface area contributed by atoms with Crippen LogP contribution in [0.15, 0.2) is 84.9 Å². The van der Waals surface area contributed by atoms with Gasteiger partial charge in [-0.1, -0.05) is 124 Å². The zero-order valence-electron chi connectivity index (χ0n) is 40.2. The maximum absolute atomic E-state index is 2.81. The van der Waals surface area contributed by atoms with Gasteiger partial charge in [-0.2, -0.15) is 0 Å². The monoisotopic (exact) mass is 844 g/mol. The number of fused-ring (bicyclic) bond motifs is 8. The lowest BCUT2D eigenvalue weighted by molar-refractivity contribution is 0.332. The molecule has 5 aromatic carbocycles. The van der Waals surface area contributed by atoms with Crippen molar-refractivity contribution in [3.8, 4) is 11.1 Å². The van der Waals surface area contributed by atoms with Crippen LogP contribution >= 0.6 is 11.3 Å². The smallest absolute Gasteiger partial charge is 0.253 e. The molecule has 7 aliphatic rings. The quantitative estimate of drug-likeness (QED) is 0.152. The fourth-order valence-corrected chi connectivity index (χ4v) is 15.2. The zero-order chi connectivity index (χ0) is 44.1. The highest BCUT2D eigenvalue weighted by Crippen LogP contribution is 2.60. The summed E-state index contributed by atoms with van der Waals surface area (Å²) in [4.78, 5) is 7.05. The molecule has 3 aliphatic carbocycles. The average molecular weight is 845 g/mol. The van der Waals surface area contributed by atoms with Crippen LogP contribution in [0.5, 0.6) is 0 Å². The molecule has 0 N–H and O–H groups in total. The van der Waals surface area contributed by atoms with Gasteiger partial charge in [-0.3, -0.25) is 0 Å². The first-order chi connectivity index (χ1) is 29.6. The van der Waals surface area contributed by atoms with E-state index in [9.17, 15) is 0 Å². The molecule has 0 amide bonds. The molecule has 1 atom stereocenters. The van der Waals surface area contributed by atoms with Crippen LogP contribution in [-0.4, -0.2) is 6.71 Å². The summed E-state index contributed by atoms with van der Waals surface area (Å²) in [6, 6.07) is 35.2. The van der Waals surface area contributed by atoms with Crippen molar-refractivity contribution < 1.29 is 0 Å². The second kappa shape index (κ2) is 12.4. The molecule has 63 heavy (non-hydrogen) atoms. The maximum atomic E-state index is 2.81. The van der Waals surface area contributed by atoms with Gasteiger partial charge in [0.05, 0.1) is 10.7 Å². The minimum Gasteiger partial charge on any atom is -0.311 e. The minimum atomic E-state index is -0.0818. The van der Waals surface area contributed by atoms with Crippen LogP contribution in [-0.2, 0) is 32.5 Å². The van der Waals surface area contributed by atoms with E-state index in [1.54, 1.807) is 15.9 Å². The highest BCUT2D eigenvalue weighted by Gasteiger charge is 2.53. The molecule has 4 bridgehead atoms. The van der Waals surface area contributed by atoms with E-state index in [0.717, 1.165) is 12.8 Å². The highest BCUT2D eigenvalue weighted by molar-refractivity contribution is 7.20. The second-order valence-electron chi connectivity index (χ2n) is 24.4. The van der Waals surface area contributed by atoms with Crippen LogP contribution in [0.25, 0.3) is 11.1 Å². The lowest BCUT2D eigenvalue weighted by Crippen LogP contribution is -2.62. The molecule has 0 fully saturated rings. The van der Waals surface area contributed by atoms with Gasteiger partial charge in [0.1, 0.15) is 0 Å². The van der Waals surface area contributed by atoms with Crippen LogP contribution in [0.3, 0.4) is 0 Å². The molecule has 0 radical (unpaired) electrons. The number of benzene rings is 5. The van der Waals surface area contributed by atoms with Crippen LogP contribution in [0, 0.1) is 13.8 Å². The van der Waals surface area contributed by atoms with E-state index in [0.29, 0.717) is 0 Å². The van der Waals surface area contributed by atoms with Crippen molar-refractivity contribution in [2.45, 2.75) is 161 Å². The molecule has 6 aromatic rings. The Morgan fingerprint density at radius 1 is 0.476 bits per heavy atom. The van der Waals surface area contributed by atoms with Gasteiger partial charge in [0.2, 0.25) is 0 Å². The van der Waals surface area contributed by atoms with Crippen molar-refractivity contribution in [3.05, 3.63) is 134 Å². The lowest BCUT2D eigenvalue weighted by atomic mass is 9.32. The van der Waals surface area contributed by atoms with Gasteiger partial charge < -0.3 is 9.80 Å². The Bertz CT molecular complexity index is 2990. The largest absolute Gasteiger partial charge is 0.311 e. The van der Waals surface area contributed by atoms with Crippen molar-refractivity contribution in [3.63, 3.8) is 0 Å². The fraction of sp³-hybridized carbons (Fsp3) is 0.424. The number of nitrogens with zero attached hydrogens (tertiary/aromatic N) is 2. The fourth-order valence-electron chi connectivity index (χ4n) is 13.5. The molecule has 2 nitrogen and oxygen atoms in total. The third kappa shape index (κ3) is 5.31. The van der Waals surface area contributed by atoms with Crippen molar-refractivity contribution >= 4 is 67.9 Å². The van der Waals surface area contributed by atoms with Gasteiger partial charge in [-0.05, 0) is 183 Å². The summed E-state index contributed by atoms with van der Waals surface area (Å²) in [6.45, 7) is 32.2. The number of hydrogen-bond donors (Lipinski definition) is 0. The van der Waals surface area contributed by atoms with Gasteiger partial charge in [0.25, 0.3) is 6.71 Å². The Morgan fingerprint density at radius 3 is 1.73 bits per heavy atom. The standard InChI is InChI=1S/C59H65BN2S/c1-34-14-21-45-44(28-34)60-50-47(61(45)38-19-20-40-41(31-38)55(5,6)23-22-54(40,3)4)29-35(2)30-48(50)62-46-33-43-42(56(7,8)24-25-57(43,9)10)32-39(46)36-15-17-37(18-16-36)59(13)27-26-58(11,12)49-51(60)53(62)63-52(49)59/h14-21,28-33H,22-27H2,1-13H3. The zero-order valence-corrected chi connectivity index (χ0v) is 41.0. The Balaban J connectivity index is 1.23. The van der Waals surface area contributed by atoms with Crippen molar-refractivity contribution in [2.75, 3.05) is 9.80 Å². The summed E-state index contributed by atoms with van der Waals surface area (Å²) in [5.74, 6) is 0. The summed E-state index contributed by atoms with van der Waals surface area (Å²) < 4.78 is 0. The van der Waals surface area contributed by atoms with Crippen LogP contribution in [0.1, 0.15) is 164 Å². The first-order valence-corrected chi connectivity index (χ1v) is 24.9. The maximum Gasteiger partial charge on any atom is 0.253 e. The Hall–Kier alpha value is -4.54. The molecule has 4 aliphatic heterocycles. The van der Waals surface area contributed by atoms with E-state index < -0.39 is 0 Å². The van der Waals surface area contributed by atoms with Gasteiger partial charge >= 0.3 is 0 Å². The Kier molecular flexibility index (Phi) is 7.89. The molecule has 13 rings (SSSR count). The molecule has 320 valence electrons. The summed E-state index contributed by atoms with van der Waals surface area (Å²) in [5, 5.41) is 1.44. The number of anilines is 6. The predicted molar refractivity (Wildman–Crippen MR) is 273 cm³/mol. The molecule has 1 unspecified atom stereocenters. The summed E-state index contributed by atoms with van der Waals surface area (Å²) in [6.07, 6.45) is 7.10. The van der Waals surface area contributed by atoms with Crippen molar-refractivity contribution in [2.24, 2.45) is 0 Å². The lowest BCUT2D eigenvalue weighted by Gasteiger charge is -2.47. The van der Waals surface area contributed by atoms with E-state index in [1.165, 1.54) is 120 Å². The third-order valence-electron chi connectivity index (χ3n) is 17.8.